The number of methoxy groups -OCH3 is 1. The van der Waals surface area contributed by atoms with Crippen molar-refractivity contribution in [3.63, 3.8) is 0 Å². The summed E-state index contributed by atoms with van der Waals surface area (Å²) in [4.78, 5) is 0. The summed E-state index contributed by atoms with van der Waals surface area (Å²) in [7, 11) is 1.58. The highest BCUT2D eigenvalue weighted by atomic mass is 35.5. The fourth-order valence-corrected chi connectivity index (χ4v) is 2.87. The Kier molecular flexibility index (Phi) is 5.22. The molecule has 1 heterocycles. The first-order chi connectivity index (χ1) is 10.5. The molecule has 0 unspecified atom stereocenters. The van der Waals surface area contributed by atoms with Crippen LogP contribution in [0.5, 0.6) is 5.75 Å². The molecule has 124 valence electrons. The largest absolute Gasteiger partial charge is 0.496 e. The quantitative estimate of drug-likeness (QED) is 0.870. The monoisotopic (exact) mass is 343 g/mol. The van der Waals surface area contributed by atoms with E-state index in [1.807, 2.05) is 12.1 Å². The Bertz CT molecular complexity index is 683. The van der Waals surface area contributed by atoms with Gasteiger partial charge >= 0.3 is 6.18 Å². The van der Waals surface area contributed by atoms with Crippen molar-refractivity contribution in [3.05, 3.63) is 53.1 Å². The van der Waals surface area contributed by atoms with Gasteiger partial charge in [-0.25, -0.2) is 0 Å². The van der Waals surface area contributed by atoms with Gasteiger partial charge in [0.25, 0.3) is 0 Å². The van der Waals surface area contributed by atoms with Crippen LogP contribution in [0.4, 0.5) is 13.2 Å². The molecular formula is C17H17ClF3NO. The van der Waals surface area contributed by atoms with Gasteiger partial charge in [-0.1, -0.05) is 18.2 Å². The first kappa shape index (κ1) is 17.6. The van der Waals surface area contributed by atoms with Crippen molar-refractivity contribution in [2.24, 2.45) is 0 Å². The van der Waals surface area contributed by atoms with Crippen LogP contribution in [0.25, 0.3) is 11.1 Å². The van der Waals surface area contributed by atoms with Gasteiger partial charge in [-0.2, -0.15) is 13.2 Å². The lowest BCUT2D eigenvalue weighted by molar-refractivity contribution is -0.137. The number of nitrogens with one attached hydrogen (secondary N) is 1. The number of halogens is 4. The minimum absolute atomic E-state index is 0. The summed E-state index contributed by atoms with van der Waals surface area (Å²) in [5.41, 5.74) is 3.33. The minimum Gasteiger partial charge on any atom is -0.496 e. The van der Waals surface area contributed by atoms with Crippen LogP contribution in [0, 0.1) is 0 Å². The Morgan fingerprint density at radius 2 is 1.74 bits per heavy atom. The lowest BCUT2D eigenvalue weighted by Gasteiger charge is -2.23. The third-order valence-corrected chi connectivity index (χ3v) is 3.96. The number of alkyl halides is 3. The van der Waals surface area contributed by atoms with E-state index in [0.717, 1.165) is 48.3 Å². The van der Waals surface area contributed by atoms with E-state index in [4.69, 9.17) is 4.74 Å². The van der Waals surface area contributed by atoms with Crippen molar-refractivity contribution < 1.29 is 17.9 Å². The van der Waals surface area contributed by atoms with Gasteiger partial charge in [-0.15, -0.1) is 12.4 Å². The average Bonchev–Trinajstić information content (AvgIpc) is 2.53. The minimum atomic E-state index is -4.32. The maximum absolute atomic E-state index is 12.7. The second-order valence-corrected chi connectivity index (χ2v) is 5.28. The number of benzene rings is 2. The molecule has 1 aliphatic rings. The van der Waals surface area contributed by atoms with Crippen molar-refractivity contribution in [1.29, 1.82) is 0 Å². The molecule has 1 aliphatic heterocycles. The van der Waals surface area contributed by atoms with Gasteiger partial charge in [0.15, 0.2) is 0 Å². The van der Waals surface area contributed by atoms with Crippen molar-refractivity contribution in [2.45, 2.75) is 19.1 Å². The highest BCUT2D eigenvalue weighted by Crippen LogP contribution is 2.38. The van der Waals surface area contributed by atoms with E-state index in [9.17, 15) is 13.2 Å². The Hall–Kier alpha value is -1.72. The molecular weight excluding hydrogens is 327 g/mol. The van der Waals surface area contributed by atoms with Crippen molar-refractivity contribution in [2.75, 3.05) is 13.7 Å². The number of ether oxygens (including phenoxy) is 1. The highest BCUT2D eigenvalue weighted by molar-refractivity contribution is 5.85. The average molecular weight is 344 g/mol. The number of rotatable bonds is 2. The van der Waals surface area contributed by atoms with Crippen LogP contribution in [0.2, 0.25) is 0 Å². The molecule has 2 aromatic rings. The van der Waals surface area contributed by atoms with Crippen LogP contribution in [0.1, 0.15) is 16.7 Å². The Balaban J connectivity index is 0.00000192. The van der Waals surface area contributed by atoms with E-state index in [1.54, 1.807) is 7.11 Å². The summed E-state index contributed by atoms with van der Waals surface area (Å²) in [5.74, 6) is 0.695. The van der Waals surface area contributed by atoms with Crippen LogP contribution < -0.4 is 10.1 Å². The van der Waals surface area contributed by atoms with Crippen LogP contribution >= 0.6 is 12.4 Å². The number of hydrogen-bond donors (Lipinski definition) is 1. The maximum atomic E-state index is 12.7. The van der Waals surface area contributed by atoms with Crippen LogP contribution in [0.3, 0.4) is 0 Å². The van der Waals surface area contributed by atoms with Crippen LogP contribution in [0.15, 0.2) is 36.4 Å². The summed E-state index contributed by atoms with van der Waals surface area (Å²) < 4.78 is 43.5. The van der Waals surface area contributed by atoms with Crippen molar-refractivity contribution >= 4 is 12.4 Å². The Morgan fingerprint density at radius 3 is 2.35 bits per heavy atom. The Labute approximate surface area is 139 Å². The first-order valence-corrected chi connectivity index (χ1v) is 7.08. The van der Waals surface area contributed by atoms with Crippen molar-refractivity contribution in [3.8, 4) is 16.9 Å². The van der Waals surface area contributed by atoms with Gasteiger partial charge in [0.1, 0.15) is 5.75 Å². The van der Waals surface area contributed by atoms with E-state index < -0.39 is 11.7 Å². The van der Waals surface area contributed by atoms with Crippen molar-refractivity contribution in [1.82, 2.24) is 5.32 Å². The second-order valence-electron chi connectivity index (χ2n) is 5.28. The topological polar surface area (TPSA) is 21.3 Å². The summed E-state index contributed by atoms with van der Waals surface area (Å²) in [6.45, 7) is 1.63. The molecule has 6 heteroatoms. The molecule has 2 nitrogen and oxygen atoms in total. The van der Waals surface area contributed by atoms with E-state index in [2.05, 4.69) is 5.32 Å². The molecule has 2 aromatic carbocycles. The summed E-state index contributed by atoms with van der Waals surface area (Å²) in [6, 6.07) is 9.16. The zero-order valence-electron chi connectivity index (χ0n) is 12.5. The van der Waals surface area contributed by atoms with E-state index in [1.165, 1.54) is 17.7 Å². The molecule has 0 saturated heterocycles. The zero-order valence-corrected chi connectivity index (χ0v) is 13.4. The lowest BCUT2D eigenvalue weighted by Crippen LogP contribution is -2.24. The molecule has 0 spiro atoms. The summed E-state index contributed by atoms with van der Waals surface area (Å²) >= 11 is 0. The smallest absolute Gasteiger partial charge is 0.416 e. The SMILES string of the molecule is COc1ccc2c(c1-c1ccc(C(F)(F)F)cc1)CCNC2.Cl. The fraction of sp³-hybridized carbons (Fsp3) is 0.294. The van der Waals surface area contributed by atoms with Gasteiger partial charge in [-0.05, 0) is 47.9 Å². The summed E-state index contributed by atoms with van der Waals surface area (Å²) in [6.07, 6.45) is -3.48. The van der Waals surface area contributed by atoms with Gasteiger partial charge in [0.2, 0.25) is 0 Å². The first-order valence-electron chi connectivity index (χ1n) is 7.08. The Morgan fingerprint density at radius 1 is 1.04 bits per heavy atom. The lowest BCUT2D eigenvalue weighted by atomic mass is 9.90. The van der Waals surface area contributed by atoms with Gasteiger partial charge < -0.3 is 10.1 Å². The molecule has 0 bridgehead atoms. The molecule has 0 aliphatic carbocycles. The fourth-order valence-electron chi connectivity index (χ4n) is 2.87. The van der Waals surface area contributed by atoms with Gasteiger partial charge in [0, 0.05) is 12.1 Å². The molecule has 0 fully saturated rings. The van der Waals surface area contributed by atoms with Crippen LogP contribution in [-0.4, -0.2) is 13.7 Å². The molecule has 23 heavy (non-hydrogen) atoms. The van der Waals surface area contributed by atoms with E-state index >= 15 is 0 Å². The van der Waals surface area contributed by atoms with E-state index in [0.29, 0.717) is 5.75 Å². The highest BCUT2D eigenvalue weighted by Gasteiger charge is 2.30. The van der Waals surface area contributed by atoms with E-state index in [-0.39, 0.29) is 12.4 Å². The molecule has 0 aromatic heterocycles. The van der Waals surface area contributed by atoms with Gasteiger partial charge in [0.05, 0.1) is 12.7 Å². The molecule has 0 saturated carbocycles. The predicted molar refractivity (Wildman–Crippen MR) is 86.1 cm³/mol. The zero-order chi connectivity index (χ0) is 15.7. The maximum Gasteiger partial charge on any atom is 0.416 e. The molecule has 0 amide bonds. The number of hydrogen-bond acceptors (Lipinski definition) is 2. The third-order valence-electron chi connectivity index (χ3n) is 3.96. The van der Waals surface area contributed by atoms with Gasteiger partial charge in [-0.3, -0.25) is 0 Å². The predicted octanol–water partition coefficient (Wildman–Crippen LogP) is 4.45. The van der Waals surface area contributed by atoms with Crippen LogP contribution in [-0.2, 0) is 19.1 Å². The molecule has 1 N–H and O–H groups in total. The molecule has 0 radical (unpaired) electrons. The molecule has 0 atom stereocenters. The summed E-state index contributed by atoms with van der Waals surface area (Å²) in [5, 5.41) is 3.30. The standard InChI is InChI=1S/C17H16F3NO.ClH/c1-22-15-7-4-12-10-21-9-8-14(12)16(15)11-2-5-13(6-3-11)17(18,19)20;/h2-7,21H,8-10H2,1H3;1H. The second kappa shape index (κ2) is 6.81. The molecule has 3 rings (SSSR count). The number of fused-ring (bicyclic) bond motifs is 1. The normalized spacial score (nSPS) is 13.9. The third kappa shape index (κ3) is 3.46.